The fourth-order valence-electron chi connectivity index (χ4n) is 3.54. The Bertz CT molecular complexity index is 885. The van der Waals surface area contributed by atoms with E-state index in [1.807, 2.05) is 0 Å². The number of carbonyl (C=O) groups excluding carboxylic acids is 1. The first-order valence-corrected chi connectivity index (χ1v) is 9.65. The summed E-state index contributed by atoms with van der Waals surface area (Å²) in [6, 6.07) is 2.31. The SMILES string of the molecule is Cc1nc(C2CC2)oc1C(=O)Nc1sc2c(c1C#N)C(C)C(C)CC2. The van der Waals surface area contributed by atoms with E-state index < -0.39 is 0 Å². The van der Waals surface area contributed by atoms with Crippen LogP contribution < -0.4 is 5.32 Å². The molecule has 0 aromatic carbocycles. The van der Waals surface area contributed by atoms with Gasteiger partial charge in [-0.1, -0.05) is 13.8 Å². The molecule has 25 heavy (non-hydrogen) atoms. The highest BCUT2D eigenvalue weighted by Gasteiger charge is 2.33. The zero-order chi connectivity index (χ0) is 17.7. The minimum absolute atomic E-state index is 0.263. The summed E-state index contributed by atoms with van der Waals surface area (Å²) in [5, 5.41) is 13.2. The molecule has 5 nitrogen and oxygen atoms in total. The Morgan fingerprint density at radius 3 is 2.80 bits per heavy atom. The molecule has 1 fully saturated rings. The Balaban J connectivity index is 1.64. The number of carbonyl (C=O) groups is 1. The van der Waals surface area contributed by atoms with Gasteiger partial charge < -0.3 is 9.73 Å². The van der Waals surface area contributed by atoms with Crippen molar-refractivity contribution in [3.63, 3.8) is 0 Å². The molecule has 2 aliphatic carbocycles. The number of anilines is 1. The molecule has 0 aliphatic heterocycles. The highest BCUT2D eigenvalue weighted by Crippen LogP contribution is 2.45. The molecular formula is C19H21N3O2S. The summed E-state index contributed by atoms with van der Waals surface area (Å²) in [6.07, 6.45) is 4.25. The molecule has 0 bridgehead atoms. The molecule has 4 rings (SSSR count). The number of aromatic nitrogens is 1. The van der Waals surface area contributed by atoms with Gasteiger partial charge in [-0.25, -0.2) is 4.98 Å². The van der Waals surface area contributed by atoms with Crippen LogP contribution >= 0.6 is 11.3 Å². The van der Waals surface area contributed by atoms with E-state index in [0.717, 1.165) is 31.2 Å². The summed E-state index contributed by atoms with van der Waals surface area (Å²) in [5.41, 5.74) is 2.35. The quantitative estimate of drug-likeness (QED) is 0.863. The second-order valence-corrected chi connectivity index (χ2v) is 8.36. The Morgan fingerprint density at radius 1 is 1.36 bits per heavy atom. The van der Waals surface area contributed by atoms with E-state index >= 15 is 0 Å². The molecule has 2 aromatic heterocycles. The molecule has 2 heterocycles. The van der Waals surface area contributed by atoms with E-state index in [0.29, 0.717) is 39.9 Å². The third kappa shape index (κ3) is 2.77. The van der Waals surface area contributed by atoms with Gasteiger partial charge in [-0.3, -0.25) is 4.79 Å². The third-order valence-electron chi connectivity index (χ3n) is 5.44. The van der Waals surface area contributed by atoms with E-state index in [9.17, 15) is 10.1 Å². The maximum atomic E-state index is 12.7. The maximum absolute atomic E-state index is 12.7. The normalized spacial score (nSPS) is 22.3. The van der Waals surface area contributed by atoms with Crippen molar-refractivity contribution in [1.29, 1.82) is 5.26 Å². The van der Waals surface area contributed by atoms with Crippen molar-refractivity contribution in [2.75, 3.05) is 5.32 Å². The molecule has 2 aliphatic rings. The smallest absolute Gasteiger partial charge is 0.294 e. The van der Waals surface area contributed by atoms with E-state index in [4.69, 9.17) is 4.42 Å². The number of rotatable bonds is 3. The van der Waals surface area contributed by atoms with Crippen molar-refractivity contribution >= 4 is 22.2 Å². The largest absolute Gasteiger partial charge is 0.435 e. The van der Waals surface area contributed by atoms with E-state index in [1.54, 1.807) is 6.92 Å². The maximum Gasteiger partial charge on any atom is 0.294 e. The number of thiophene rings is 1. The van der Waals surface area contributed by atoms with Crippen LogP contribution in [-0.2, 0) is 6.42 Å². The molecule has 2 atom stereocenters. The van der Waals surface area contributed by atoms with Crippen molar-refractivity contribution < 1.29 is 9.21 Å². The van der Waals surface area contributed by atoms with Gasteiger partial charge in [-0.05, 0) is 50.0 Å². The van der Waals surface area contributed by atoms with Gasteiger partial charge >= 0.3 is 0 Å². The lowest BCUT2D eigenvalue weighted by Gasteiger charge is -2.26. The monoisotopic (exact) mass is 355 g/mol. The number of amides is 1. The Labute approximate surface area is 151 Å². The van der Waals surface area contributed by atoms with Crippen LogP contribution in [0.15, 0.2) is 4.42 Å². The zero-order valence-corrected chi connectivity index (χ0v) is 15.5. The van der Waals surface area contributed by atoms with Gasteiger partial charge in [0.15, 0.2) is 5.89 Å². The summed E-state index contributed by atoms with van der Waals surface area (Å²) in [7, 11) is 0. The summed E-state index contributed by atoms with van der Waals surface area (Å²) < 4.78 is 5.68. The first kappa shape index (κ1) is 16.3. The van der Waals surface area contributed by atoms with Crippen LogP contribution in [0.5, 0.6) is 0 Å². The molecule has 6 heteroatoms. The molecule has 1 N–H and O–H groups in total. The van der Waals surface area contributed by atoms with Crippen molar-refractivity contribution in [2.45, 2.75) is 58.3 Å². The summed E-state index contributed by atoms with van der Waals surface area (Å²) in [4.78, 5) is 18.3. The molecular weight excluding hydrogens is 334 g/mol. The van der Waals surface area contributed by atoms with Crippen molar-refractivity contribution in [3.05, 3.63) is 33.3 Å². The molecule has 0 saturated heterocycles. The van der Waals surface area contributed by atoms with Gasteiger partial charge in [0, 0.05) is 10.8 Å². The number of hydrogen-bond donors (Lipinski definition) is 1. The van der Waals surface area contributed by atoms with E-state index in [1.165, 1.54) is 16.2 Å². The Hall–Kier alpha value is -2.13. The summed E-state index contributed by atoms with van der Waals surface area (Å²) >= 11 is 1.53. The van der Waals surface area contributed by atoms with Gasteiger partial charge in [0.05, 0.1) is 11.3 Å². The minimum atomic E-state index is -0.312. The molecule has 2 aromatic rings. The predicted octanol–water partition coefficient (Wildman–Crippen LogP) is 4.73. The number of oxazole rings is 1. The predicted molar refractivity (Wildman–Crippen MR) is 96.1 cm³/mol. The summed E-state index contributed by atoms with van der Waals surface area (Å²) in [6.45, 7) is 6.19. The Morgan fingerprint density at radius 2 is 2.12 bits per heavy atom. The van der Waals surface area contributed by atoms with Crippen molar-refractivity contribution in [3.8, 4) is 6.07 Å². The number of nitriles is 1. The average Bonchev–Trinajstić information content (AvgIpc) is 3.27. The van der Waals surface area contributed by atoms with Gasteiger partial charge in [-0.2, -0.15) is 5.26 Å². The fraction of sp³-hybridized carbons (Fsp3) is 0.526. The molecule has 0 spiro atoms. The zero-order valence-electron chi connectivity index (χ0n) is 14.7. The van der Waals surface area contributed by atoms with Crippen LogP contribution in [0.4, 0.5) is 5.00 Å². The van der Waals surface area contributed by atoms with Crippen LogP contribution in [0, 0.1) is 24.2 Å². The second-order valence-electron chi connectivity index (χ2n) is 7.25. The topological polar surface area (TPSA) is 78.9 Å². The summed E-state index contributed by atoms with van der Waals surface area (Å²) in [5.74, 6) is 1.87. The van der Waals surface area contributed by atoms with E-state index in [-0.39, 0.29) is 11.7 Å². The lowest BCUT2D eigenvalue weighted by molar-refractivity contribution is 0.0994. The molecule has 1 amide bonds. The van der Waals surface area contributed by atoms with Crippen LogP contribution in [-0.4, -0.2) is 10.9 Å². The van der Waals surface area contributed by atoms with Crippen molar-refractivity contribution in [1.82, 2.24) is 4.98 Å². The number of nitrogens with zero attached hydrogens (tertiary/aromatic N) is 2. The third-order valence-corrected chi connectivity index (χ3v) is 6.62. The number of fused-ring (bicyclic) bond motifs is 1. The highest BCUT2D eigenvalue weighted by atomic mass is 32.1. The first-order chi connectivity index (χ1) is 12.0. The first-order valence-electron chi connectivity index (χ1n) is 8.84. The number of aryl methyl sites for hydroxylation is 2. The lowest BCUT2D eigenvalue weighted by atomic mass is 9.79. The number of nitrogens with one attached hydrogen (secondary N) is 1. The van der Waals surface area contributed by atoms with Gasteiger partial charge in [-0.15, -0.1) is 11.3 Å². The van der Waals surface area contributed by atoms with E-state index in [2.05, 4.69) is 30.2 Å². The minimum Gasteiger partial charge on any atom is -0.435 e. The fourth-order valence-corrected chi connectivity index (χ4v) is 4.81. The Kier molecular flexibility index (Phi) is 3.92. The second kappa shape index (κ2) is 5.99. The van der Waals surface area contributed by atoms with Crippen LogP contribution in [0.1, 0.15) is 83.1 Å². The average molecular weight is 355 g/mol. The lowest BCUT2D eigenvalue weighted by Crippen LogP contribution is -2.15. The molecule has 1 saturated carbocycles. The highest BCUT2D eigenvalue weighted by molar-refractivity contribution is 7.16. The van der Waals surface area contributed by atoms with Gasteiger partial charge in [0.1, 0.15) is 11.1 Å². The van der Waals surface area contributed by atoms with Crippen molar-refractivity contribution in [2.24, 2.45) is 5.92 Å². The standard InChI is InChI=1S/C19H21N3O2S/c1-9-4-7-14-15(10(9)2)13(8-20)19(25-14)22-17(23)16-11(3)21-18(24-16)12-5-6-12/h9-10,12H,4-7H2,1-3H3,(H,22,23). The molecule has 0 radical (unpaired) electrons. The van der Waals surface area contributed by atoms with Gasteiger partial charge in [0.25, 0.3) is 5.91 Å². The molecule has 130 valence electrons. The molecule has 2 unspecified atom stereocenters. The van der Waals surface area contributed by atoms with Gasteiger partial charge in [0.2, 0.25) is 5.76 Å². The van der Waals surface area contributed by atoms with Crippen LogP contribution in [0.25, 0.3) is 0 Å². The van der Waals surface area contributed by atoms with Crippen LogP contribution in [0.3, 0.4) is 0 Å². The van der Waals surface area contributed by atoms with Crippen LogP contribution in [0.2, 0.25) is 0 Å². The number of hydrogen-bond acceptors (Lipinski definition) is 5.